The fraction of sp³-hybridized carbons (Fsp3) is 0.333. The highest BCUT2D eigenvalue weighted by Crippen LogP contribution is 2.29. The number of phenols is 1. The zero-order chi connectivity index (χ0) is 10.8. The first-order chi connectivity index (χ1) is 6.47. The zero-order valence-electron chi connectivity index (χ0n) is 7.73. The normalized spacial score (nSPS) is 13.1. The van der Waals surface area contributed by atoms with Crippen LogP contribution in [0.4, 0.5) is 8.78 Å². The smallest absolute Gasteiger partial charge is 0.289 e. The molecule has 0 heterocycles. The van der Waals surface area contributed by atoms with Crippen LogP contribution in [0.1, 0.15) is 11.6 Å². The molecule has 1 aromatic carbocycles. The van der Waals surface area contributed by atoms with E-state index in [0.717, 1.165) is 6.07 Å². The SMILES string of the molecule is Cl.N[C@@H](c1cccc(O)c1)C(F)(F)CO. The number of aromatic hydroxyl groups is 1. The summed E-state index contributed by atoms with van der Waals surface area (Å²) in [7, 11) is 0. The van der Waals surface area contributed by atoms with Gasteiger partial charge in [0, 0.05) is 0 Å². The van der Waals surface area contributed by atoms with Crippen molar-refractivity contribution in [3.05, 3.63) is 29.8 Å². The van der Waals surface area contributed by atoms with E-state index in [4.69, 9.17) is 15.9 Å². The Kier molecular flexibility index (Phi) is 4.93. The quantitative estimate of drug-likeness (QED) is 0.748. The average Bonchev–Trinajstić information content (AvgIpc) is 2.16. The molecule has 1 atom stereocenters. The Morgan fingerprint density at radius 2 is 2.00 bits per heavy atom. The van der Waals surface area contributed by atoms with Crippen LogP contribution in [0.5, 0.6) is 5.75 Å². The van der Waals surface area contributed by atoms with Crippen LogP contribution in [-0.2, 0) is 0 Å². The number of halogens is 3. The lowest BCUT2D eigenvalue weighted by molar-refractivity contribution is -0.0712. The highest BCUT2D eigenvalue weighted by molar-refractivity contribution is 5.85. The number of benzene rings is 1. The number of hydrogen-bond donors (Lipinski definition) is 3. The molecular formula is C9H12ClF2NO2. The monoisotopic (exact) mass is 239 g/mol. The fourth-order valence-corrected chi connectivity index (χ4v) is 1.06. The van der Waals surface area contributed by atoms with Gasteiger partial charge in [-0.3, -0.25) is 0 Å². The van der Waals surface area contributed by atoms with E-state index in [1.165, 1.54) is 18.2 Å². The molecule has 0 aliphatic rings. The molecule has 0 spiro atoms. The van der Waals surface area contributed by atoms with Crippen molar-refractivity contribution in [3.63, 3.8) is 0 Å². The van der Waals surface area contributed by atoms with Gasteiger partial charge in [-0.25, -0.2) is 8.78 Å². The molecule has 1 rings (SSSR count). The number of aliphatic hydroxyl groups is 1. The third-order valence-corrected chi connectivity index (χ3v) is 1.90. The molecule has 0 saturated heterocycles. The van der Waals surface area contributed by atoms with Crippen molar-refractivity contribution < 1.29 is 19.0 Å². The van der Waals surface area contributed by atoms with E-state index >= 15 is 0 Å². The van der Waals surface area contributed by atoms with Crippen LogP contribution < -0.4 is 5.73 Å². The molecular weight excluding hydrogens is 228 g/mol. The maximum atomic E-state index is 12.9. The summed E-state index contributed by atoms with van der Waals surface area (Å²) in [6, 6.07) is 3.67. The third kappa shape index (κ3) is 3.30. The Balaban J connectivity index is 0.00000196. The summed E-state index contributed by atoms with van der Waals surface area (Å²) >= 11 is 0. The Morgan fingerprint density at radius 1 is 1.40 bits per heavy atom. The van der Waals surface area contributed by atoms with E-state index in [0.29, 0.717) is 0 Å². The van der Waals surface area contributed by atoms with Gasteiger partial charge < -0.3 is 15.9 Å². The highest BCUT2D eigenvalue weighted by Gasteiger charge is 2.37. The maximum Gasteiger partial charge on any atom is 0.289 e. The fourth-order valence-electron chi connectivity index (χ4n) is 1.06. The van der Waals surface area contributed by atoms with Crippen LogP contribution in [0.3, 0.4) is 0 Å². The molecule has 1 aromatic rings. The van der Waals surface area contributed by atoms with Gasteiger partial charge >= 0.3 is 0 Å². The Bertz CT molecular complexity index is 323. The molecule has 0 aliphatic heterocycles. The summed E-state index contributed by atoms with van der Waals surface area (Å²) in [6.07, 6.45) is 0. The summed E-state index contributed by atoms with van der Waals surface area (Å²) in [5.41, 5.74) is 5.32. The average molecular weight is 240 g/mol. The molecule has 0 bridgehead atoms. The first kappa shape index (κ1) is 14.1. The molecule has 0 aromatic heterocycles. The topological polar surface area (TPSA) is 66.5 Å². The summed E-state index contributed by atoms with van der Waals surface area (Å²) < 4.78 is 25.8. The molecule has 0 unspecified atom stereocenters. The van der Waals surface area contributed by atoms with Crippen molar-refractivity contribution in [1.29, 1.82) is 0 Å². The molecule has 0 amide bonds. The van der Waals surface area contributed by atoms with Gasteiger partial charge in [-0.05, 0) is 17.7 Å². The van der Waals surface area contributed by atoms with E-state index in [1.54, 1.807) is 0 Å². The molecule has 4 N–H and O–H groups in total. The second kappa shape index (κ2) is 5.25. The molecule has 6 heteroatoms. The van der Waals surface area contributed by atoms with E-state index in [-0.39, 0.29) is 23.7 Å². The first-order valence-corrected chi connectivity index (χ1v) is 4.00. The summed E-state index contributed by atoms with van der Waals surface area (Å²) in [5.74, 6) is -3.51. The van der Waals surface area contributed by atoms with Gasteiger partial charge in [0.15, 0.2) is 0 Å². The van der Waals surface area contributed by atoms with Gasteiger partial charge in [0.25, 0.3) is 5.92 Å². The largest absolute Gasteiger partial charge is 0.508 e. The van der Waals surface area contributed by atoms with Crippen molar-refractivity contribution in [2.75, 3.05) is 6.61 Å². The summed E-state index contributed by atoms with van der Waals surface area (Å²) in [5, 5.41) is 17.4. The maximum absolute atomic E-state index is 12.9. The summed E-state index contributed by atoms with van der Waals surface area (Å²) in [4.78, 5) is 0. The zero-order valence-corrected chi connectivity index (χ0v) is 8.55. The van der Waals surface area contributed by atoms with E-state index < -0.39 is 18.6 Å². The minimum Gasteiger partial charge on any atom is -0.508 e. The van der Waals surface area contributed by atoms with Crippen molar-refractivity contribution in [2.45, 2.75) is 12.0 Å². The van der Waals surface area contributed by atoms with Gasteiger partial charge in [0.1, 0.15) is 12.4 Å². The van der Waals surface area contributed by atoms with Gasteiger partial charge in [0.2, 0.25) is 0 Å². The number of phenolic OH excluding ortho intramolecular Hbond substituents is 1. The minimum atomic E-state index is -3.38. The van der Waals surface area contributed by atoms with E-state index in [1.807, 2.05) is 0 Å². The Morgan fingerprint density at radius 3 is 2.47 bits per heavy atom. The number of hydrogen-bond acceptors (Lipinski definition) is 3. The van der Waals surface area contributed by atoms with Crippen LogP contribution in [-0.4, -0.2) is 22.7 Å². The van der Waals surface area contributed by atoms with Gasteiger partial charge in [0.05, 0.1) is 6.04 Å². The lowest BCUT2D eigenvalue weighted by Gasteiger charge is -2.21. The van der Waals surface area contributed by atoms with Crippen LogP contribution >= 0.6 is 12.4 Å². The number of aliphatic hydroxyl groups excluding tert-OH is 1. The molecule has 3 nitrogen and oxygen atoms in total. The third-order valence-electron chi connectivity index (χ3n) is 1.90. The molecule has 15 heavy (non-hydrogen) atoms. The minimum absolute atomic E-state index is 0. The predicted octanol–water partition coefficient (Wildman–Crippen LogP) is 1.44. The first-order valence-electron chi connectivity index (χ1n) is 4.00. The second-order valence-electron chi connectivity index (χ2n) is 2.99. The van der Waals surface area contributed by atoms with Crippen molar-refractivity contribution >= 4 is 12.4 Å². The molecule has 0 aliphatic carbocycles. The predicted molar refractivity (Wildman–Crippen MR) is 54.3 cm³/mol. The second-order valence-corrected chi connectivity index (χ2v) is 2.99. The highest BCUT2D eigenvalue weighted by atomic mass is 35.5. The van der Waals surface area contributed by atoms with Gasteiger partial charge in [-0.15, -0.1) is 12.4 Å². The van der Waals surface area contributed by atoms with Crippen LogP contribution in [0.15, 0.2) is 24.3 Å². The standard InChI is InChI=1S/C9H11F2NO2.ClH/c10-9(11,5-13)8(12)6-2-1-3-7(14)4-6;/h1-4,8,13-14H,5,12H2;1H/t8-;/m0./s1. The van der Waals surface area contributed by atoms with Crippen LogP contribution in [0, 0.1) is 0 Å². The van der Waals surface area contributed by atoms with Crippen LogP contribution in [0.25, 0.3) is 0 Å². The summed E-state index contributed by atoms with van der Waals surface area (Å²) in [6.45, 7) is -1.32. The molecule has 0 radical (unpaired) electrons. The van der Waals surface area contributed by atoms with Crippen molar-refractivity contribution in [3.8, 4) is 5.75 Å². The Labute approximate surface area is 91.9 Å². The number of rotatable bonds is 3. The van der Waals surface area contributed by atoms with E-state index in [9.17, 15) is 8.78 Å². The van der Waals surface area contributed by atoms with Crippen molar-refractivity contribution in [1.82, 2.24) is 0 Å². The van der Waals surface area contributed by atoms with E-state index in [2.05, 4.69) is 0 Å². The van der Waals surface area contributed by atoms with Gasteiger partial charge in [-0.2, -0.15) is 0 Å². The Hall–Kier alpha value is -0.910. The molecule has 0 fully saturated rings. The molecule has 0 saturated carbocycles. The van der Waals surface area contributed by atoms with Gasteiger partial charge in [-0.1, -0.05) is 12.1 Å². The molecule has 86 valence electrons. The number of alkyl halides is 2. The number of nitrogens with two attached hydrogens (primary N) is 1. The lowest BCUT2D eigenvalue weighted by atomic mass is 10.0. The van der Waals surface area contributed by atoms with Crippen LogP contribution in [0.2, 0.25) is 0 Å². The lowest BCUT2D eigenvalue weighted by Crippen LogP contribution is -2.36. The van der Waals surface area contributed by atoms with Crippen molar-refractivity contribution in [2.24, 2.45) is 5.73 Å².